The molecule has 0 heterocycles. The second-order valence-corrected chi connectivity index (χ2v) is 4.71. The molecule has 0 aliphatic heterocycles. The summed E-state index contributed by atoms with van der Waals surface area (Å²) in [7, 11) is 0. The Labute approximate surface area is 104 Å². The first-order valence-electron chi connectivity index (χ1n) is 6.55. The van der Waals surface area contributed by atoms with E-state index in [1.165, 1.54) is 35.6 Å². The van der Waals surface area contributed by atoms with Gasteiger partial charge in [0.1, 0.15) is 0 Å². The first-order valence-corrected chi connectivity index (χ1v) is 6.55. The van der Waals surface area contributed by atoms with Crippen molar-refractivity contribution in [3.05, 3.63) is 48.0 Å². The van der Waals surface area contributed by atoms with Crippen LogP contribution in [0.15, 0.2) is 42.5 Å². The monoisotopic (exact) mass is 227 g/mol. The van der Waals surface area contributed by atoms with E-state index < -0.39 is 0 Å². The van der Waals surface area contributed by atoms with Gasteiger partial charge in [0.15, 0.2) is 0 Å². The summed E-state index contributed by atoms with van der Waals surface area (Å²) in [5.41, 5.74) is 7.49. The highest BCUT2D eigenvalue weighted by molar-refractivity contribution is 5.83. The van der Waals surface area contributed by atoms with E-state index >= 15 is 0 Å². The molecule has 0 aliphatic rings. The standard InChI is InChI=1S/C16H21N/c1-2-3-4-9-16(17)15-11-10-13-7-5-6-8-14(13)12-15/h5-8,10-12,16H,2-4,9,17H2,1H3/t16-/m0/s1. The van der Waals surface area contributed by atoms with Crippen LogP contribution in [0.1, 0.15) is 44.2 Å². The van der Waals surface area contributed by atoms with Gasteiger partial charge in [0.2, 0.25) is 0 Å². The summed E-state index contributed by atoms with van der Waals surface area (Å²) in [5, 5.41) is 2.58. The summed E-state index contributed by atoms with van der Waals surface area (Å²) < 4.78 is 0. The molecular weight excluding hydrogens is 206 g/mol. The molecule has 2 aromatic rings. The van der Waals surface area contributed by atoms with Crippen molar-refractivity contribution in [2.45, 2.75) is 38.6 Å². The van der Waals surface area contributed by atoms with Crippen molar-refractivity contribution < 1.29 is 0 Å². The molecule has 1 nitrogen and oxygen atoms in total. The highest BCUT2D eigenvalue weighted by atomic mass is 14.6. The van der Waals surface area contributed by atoms with Crippen LogP contribution in [0, 0.1) is 0 Å². The van der Waals surface area contributed by atoms with Crippen LogP contribution in [-0.2, 0) is 0 Å². The zero-order chi connectivity index (χ0) is 12.1. The van der Waals surface area contributed by atoms with Crippen molar-refractivity contribution in [1.29, 1.82) is 0 Å². The summed E-state index contributed by atoms with van der Waals surface area (Å²) in [6.07, 6.45) is 4.85. The van der Waals surface area contributed by atoms with E-state index in [9.17, 15) is 0 Å². The van der Waals surface area contributed by atoms with Gasteiger partial charge in [-0.3, -0.25) is 0 Å². The molecular formula is C16H21N. The predicted molar refractivity (Wildman–Crippen MR) is 75.0 cm³/mol. The molecule has 2 rings (SSSR count). The maximum atomic E-state index is 6.23. The smallest absolute Gasteiger partial charge is 0.0295 e. The fourth-order valence-corrected chi connectivity index (χ4v) is 2.22. The highest BCUT2D eigenvalue weighted by Crippen LogP contribution is 2.22. The van der Waals surface area contributed by atoms with Crippen LogP contribution in [0.2, 0.25) is 0 Å². The van der Waals surface area contributed by atoms with E-state index in [2.05, 4.69) is 49.4 Å². The zero-order valence-corrected chi connectivity index (χ0v) is 10.5. The number of unbranched alkanes of at least 4 members (excludes halogenated alkanes) is 2. The number of nitrogens with two attached hydrogens (primary N) is 1. The molecule has 1 atom stereocenters. The molecule has 17 heavy (non-hydrogen) atoms. The number of fused-ring (bicyclic) bond motifs is 1. The number of rotatable bonds is 5. The molecule has 2 aromatic carbocycles. The Morgan fingerprint density at radius 1 is 1.00 bits per heavy atom. The van der Waals surface area contributed by atoms with Crippen molar-refractivity contribution in [3.63, 3.8) is 0 Å². The Kier molecular flexibility index (Phi) is 4.16. The normalized spacial score (nSPS) is 12.8. The van der Waals surface area contributed by atoms with Gasteiger partial charge in [-0.15, -0.1) is 0 Å². The molecule has 0 fully saturated rings. The lowest BCUT2D eigenvalue weighted by Gasteiger charge is -2.12. The van der Waals surface area contributed by atoms with Gasteiger partial charge in [0.25, 0.3) is 0 Å². The Morgan fingerprint density at radius 2 is 1.76 bits per heavy atom. The minimum Gasteiger partial charge on any atom is -0.324 e. The molecule has 0 radical (unpaired) electrons. The molecule has 0 aromatic heterocycles. The van der Waals surface area contributed by atoms with Gasteiger partial charge in [-0.1, -0.05) is 62.6 Å². The van der Waals surface area contributed by atoms with Crippen LogP contribution in [0.3, 0.4) is 0 Å². The van der Waals surface area contributed by atoms with E-state index in [0.717, 1.165) is 6.42 Å². The van der Waals surface area contributed by atoms with Crippen LogP contribution in [0.25, 0.3) is 10.8 Å². The van der Waals surface area contributed by atoms with Gasteiger partial charge < -0.3 is 5.73 Å². The third-order valence-electron chi connectivity index (χ3n) is 3.32. The summed E-state index contributed by atoms with van der Waals surface area (Å²) >= 11 is 0. The molecule has 1 heteroatoms. The fourth-order valence-electron chi connectivity index (χ4n) is 2.22. The highest BCUT2D eigenvalue weighted by Gasteiger charge is 2.05. The van der Waals surface area contributed by atoms with Crippen LogP contribution >= 0.6 is 0 Å². The maximum absolute atomic E-state index is 6.23. The SMILES string of the molecule is CCCCC[C@H](N)c1ccc2ccccc2c1. The van der Waals surface area contributed by atoms with E-state index in [1.54, 1.807) is 0 Å². The second kappa shape index (κ2) is 5.83. The van der Waals surface area contributed by atoms with Crippen LogP contribution in [-0.4, -0.2) is 0 Å². The number of hydrogen-bond donors (Lipinski definition) is 1. The molecule has 0 saturated carbocycles. The van der Waals surface area contributed by atoms with Crippen LogP contribution in [0.5, 0.6) is 0 Å². The van der Waals surface area contributed by atoms with Gasteiger partial charge >= 0.3 is 0 Å². The third-order valence-corrected chi connectivity index (χ3v) is 3.32. The Bertz CT molecular complexity index is 476. The lowest BCUT2D eigenvalue weighted by Crippen LogP contribution is -2.09. The minimum absolute atomic E-state index is 0.186. The van der Waals surface area contributed by atoms with Gasteiger partial charge in [-0.05, 0) is 28.8 Å². The van der Waals surface area contributed by atoms with Gasteiger partial charge in [0, 0.05) is 6.04 Å². The quantitative estimate of drug-likeness (QED) is 0.752. The second-order valence-electron chi connectivity index (χ2n) is 4.71. The average molecular weight is 227 g/mol. The largest absolute Gasteiger partial charge is 0.324 e. The molecule has 2 N–H and O–H groups in total. The molecule has 0 unspecified atom stereocenters. The van der Waals surface area contributed by atoms with Gasteiger partial charge in [0.05, 0.1) is 0 Å². The van der Waals surface area contributed by atoms with E-state index in [1.807, 2.05) is 0 Å². The molecule has 0 amide bonds. The van der Waals surface area contributed by atoms with Gasteiger partial charge in [-0.2, -0.15) is 0 Å². The summed E-state index contributed by atoms with van der Waals surface area (Å²) in [6, 6.07) is 15.2. The first-order chi connectivity index (χ1) is 8.31. The van der Waals surface area contributed by atoms with E-state index in [0.29, 0.717) is 0 Å². The van der Waals surface area contributed by atoms with E-state index in [4.69, 9.17) is 5.73 Å². The Morgan fingerprint density at radius 3 is 2.53 bits per heavy atom. The van der Waals surface area contributed by atoms with Crippen LogP contribution in [0.4, 0.5) is 0 Å². The van der Waals surface area contributed by atoms with Crippen LogP contribution < -0.4 is 5.73 Å². The van der Waals surface area contributed by atoms with Gasteiger partial charge in [-0.25, -0.2) is 0 Å². The van der Waals surface area contributed by atoms with Crippen molar-refractivity contribution in [3.8, 4) is 0 Å². The van der Waals surface area contributed by atoms with Crippen molar-refractivity contribution in [2.75, 3.05) is 0 Å². The fraction of sp³-hybridized carbons (Fsp3) is 0.375. The molecule has 0 bridgehead atoms. The lowest BCUT2D eigenvalue weighted by atomic mass is 9.98. The first kappa shape index (κ1) is 12.1. The zero-order valence-electron chi connectivity index (χ0n) is 10.5. The lowest BCUT2D eigenvalue weighted by molar-refractivity contribution is 0.581. The molecule has 90 valence electrons. The van der Waals surface area contributed by atoms with Crippen molar-refractivity contribution >= 4 is 10.8 Å². The maximum Gasteiger partial charge on any atom is 0.0295 e. The summed E-state index contributed by atoms with van der Waals surface area (Å²) in [6.45, 7) is 2.22. The Balaban J connectivity index is 2.12. The Hall–Kier alpha value is -1.34. The summed E-state index contributed by atoms with van der Waals surface area (Å²) in [4.78, 5) is 0. The van der Waals surface area contributed by atoms with Crippen molar-refractivity contribution in [1.82, 2.24) is 0 Å². The minimum atomic E-state index is 0.186. The van der Waals surface area contributed by atoms with Crippen molar-refractivity contribution in [2.24, 2.45) is 5.73 Å². The predicted octanol–water partition coefficient (Wildman–Crippen LogP) is 4.42. The molecule has 0 saturated heterocycles. The summed E-state index contributed by atoms with van der Waals surface area (Å²) in [5.74, 6) is 0. The molecule has 0 spiro atoms. The topological polar surface area (TPSA) is 26.0 Å². The number of hydrogen-bond acceptors (Lipinski definition) is 1. The third kappa shape index (κ3) is 3.07. The number of benzene rings is 2. The average Bonchev–Trinajstić information content (AvgIpc) is 2.38. The van der Waals surface area contributed by atoms with E-state index in [-0.39, 0.29) is 6.04 Å². The molecule has 0 aliphatic carbocycles.